The van der Waals surface area contributed by atoms with Crippen molar-refractivity contribution in [2.24, 2.45) is 0 Å². The molecule has 3 aliphatic heterocycles. The number of fused-ring (bicyclic) bond motifs is 2. The molecule has 1 atom stereocenters. The van der Waals surface area contributed by atoms with Crippen molar-refractivity contribution in [3.05, 3.63) is 59.2 Å². The van der Waals surface area contributed by atoms with Crippen LogP contribution in [0.3, 0.4) is 0 Å². The Morgan fingerprint density at radius 2 is 2.03 bits per heavy atom. The molecule has 2 aromatic rings. The average molecular weight is 423 g/mol. The first-order valence-electron chi connectivity index (χ1n) is 10.5. The molecule has 31 heavy (non-hydrogen) atoms. The quantitative estimate of drug-likeness (QED) is 0.662. The van der Waals surface area contributed by atoms with Crippen LogP contribution in [0.15, 0.2) is 42.5 Å². The number of aliphatic hydroxyl groups is 1. The first-order valence-corrected chi connectivity index (χ1v) is 10.5. The van der Waals surface area contributed by atoms with Gasteiger partial charge in [-0.2, -0.15) is 0 Å². The maximum absolute atomic E-state index is 12.6. The fourth-order valence-electron chi connectivity index (χ4n) is 4.21. The number of hydrogen-bond donors (Lipinski definition) is 3. The number of nitrogens with one attached hydrogen (secondary N) is 2. The third kappa shape index (κ3) is 3.89. The van der Waals surface area contributed by atoms with E-state index >= 15 is 0 Å². The van der Waals surface area contributed by atoms with Gasteiger partial charge in [0.25, 0.3) is 11.8 Å². The first-order chi connectivity index (χ1) is 15.0. The molecule has 5 rings (SSSR count). The molecule has 8 nitrogen and oxygen atoms in total. The van der Waals surface area contributed by atoms with E-state index in [1.165, 1.54) is 11.1 Å². The van der Waals surface area contributed by atoms with Crippen molar-refractivity contribution in [1.82, 2.24) is 10.2 Å². The second kappa shape index (κ2) is 7.96. The van der Waals surface area contributed by atoms with E-state index in [-0.39, 0.29) is 31.6 Å². The molecular formula is C23H25N3O5. The van der Waals surface area contributed by atoms with Gasteiger partial charge in [-0.1, -0.05) is 24.3 Å². The van der Waals surface area contributed by atoms with E-state index in [0.29, 0.717) is 23.5 Å². The molecule has 1 saturated heterocycles. The van der Waals surface area contributed by atoms with Crippen molar-refractivity contribution < 1.29 is 24.2 Å². The van der Waals surface area contributed by atoms with Gasteiger partial charge in [-0.15, -0.1) is 0 Å². The zero-order valence-electron chi connectivity index (χ0n) is 17.1. The minimum Gasteiger partial charge on any atom is -0.470 e. The topological polar surface area (TPSA) is 100 Å². The minimum atomic E-state index is -0.949. The molecule has 0 radical (unpaired) electrons. The summed E-state index contributed by atoms with van der Waals surface area (Å²) >= 11 is 0. The third-order valence-electron chi connectivity index (χ3n) is 6.06. The summed E-state index contributed by atoms with van der Waals surface area (Å²) in [7, 11) is 0. The number of carbonyl (C=O) groups is 2. The summed E-state index contributed by atoms with van der Waals surface area (Å²) in [6, 6.07) is 13.3. The largest absolute Gasteiger partial charge is 0.470 e. The summed E-state index contributed by atoms with van der Waals surface area (Å²) in [4.78, 5) is 27.0. The number of hydrogen-bond acceptors (Lipinski definition) is 6. The van der Waals surface area contributed by atoms with Crippen LogP contribution in [-0.4, -0.2) is 66.4 Å². The SMILES string of the molecule is O=C(NCC(O)CN1CCc2ccccc2C1)c1ccc2c(c1)NC(=O)C1(COC1)O2. The zero-order chi connectivity index (χ0) is 21.4. The van der Waals surface area contributed by atoms with E-state index < -0.39 is 11.7 Å². The molecule has 1 fully saturated rings. The van der Waals surface area contributed by atoms with E-state index in [4.69, 9.17) is 9.47 Å². The summed E-state index contributed by atoms with van der Waals surface area (Å²) in [5.74, 6) is -0.0560. The van der Waals surface area contributed by atoms with E-state index in [9.17, 15) is 14.7 Å². The minimum absolute atomic E-state index is 0.150. The Hall–Kier alpha value is -2.94. The number of rotatable bonds is 5. The second-order valence-corrected chi connectivity index (χ2v) is 8.37. The lowest BCUT2D eigenvalue weighted by atomic mass is 9.98. The maximum Gasteiger partial charge on any atom is 0.273 e. The number of β-amino-alcohol motifs (C(OH)–C–C–N with tert-alkyl or cyclic N) is 1. The molecule has 162 valence electrons. The molecule has 8 heteroatoms. The number of ether oxygens (including phenoxy) is 2. The Morgan fingerprint density at radius 1 is 1.23 bits per heavy atom. The summed E-state index contributed by atoms with van der Waals surface area (Å²) < 4.78 is 10.9. The first kappa shape index (κ1) is 20.0. The molecule has 3 aliphatic rings. The highest BCUT2D eigenvalue weighted by Crippen LogP contribution is 2.37. The molecule has 0 aliphatic carbocycles. The van der Waals surface area contributed by atoms with Gasteiger partial charge >= 0.3 is 0 Å². The van der Waals surface area contributed by atoms with Crippen molar-refractivity contribution in [3.8, 4) is 5.75 Å². The molecule has 0 aromatic heterocycles. The van der Waals surface area contributed by atoms with Crippen LogP contribution in [0, 0.1) is 0 Å². The van der Waals surface area contributed by atoms with Crippen LogP contribution in [-0.2, 0) is 22.5 Å². The highest BCUT2D eigenvalue weighted by atomic mass is 16.6. The van der Waals surface area contributed by atoms with Crippen LogP contribution >= 0.6 is 0 Å². The number of carbonyl (C=O) groups excluding carboxylic acids is 2. The number of nitrogens with zero attached hydrogens (tertiary/aromatic N) is 1. The van der Waals surface area contributed by atoms with Crippen LogP contribution in [0.25, 0.3) is 0 Å². The van der Waals surface area contributed by atoms with Gasteiger partial charge in [0.2, 0.25) is 5.60 Å². The van der Waals surface area contributed by atoms with Gasteiger partial charge in [0.15, 0.2) is 0 Å². The van der Waals surface area contributed by atoms with Crippen LogP contribution in [0.2, 0.25) is 0 Å². The van der Waals surface area contributed by atoms with E-state index in [1.807, 2.05) is 6.07 Å². The third-order valence-corrected chi connectivity index (χ3v) is 6.06. The maximum atomic E-state index is 12.6. The summed E-state index contributed by atoms with van der Waals surface area (Å²) in [5.41, 5.74) is 2.56. The molecular weight excluding hydrogens is 398 g/mol. The lowest BCUT2D eigenvalue weighted by Gasteiger charge is -2.42. The Bertz CT molecular complexity index is 1020. The zero-order valence-corrected chi connectivity index (χ0v) is 17.1. The van der Waals surface area contributed by atoms with Crippen molar-refractivity contribution in [2.45, 2.75) is 24.7 Å². The molecule has 2 aromatic carbocycles. The van der Waals surface area contributed by atoms with E-state index in [0.717, 1.165) is 19.5 Å². The van der Waals surface area contributed by atoms with Gasteiger partial charge in [0, 0.05) is 31.7 Å². The van der Waals surface area contributed by atoms with E-state index in [1.54, 1.807) is 18.2 Å². The number of amides is 2. The number of anilines is 1. The summed E-state index contributed by atoms with van der Waals surface area (Å²) in [5, 5.41) is 16.0. The van der Waals surface area contributed by atoms with Gasteiger partial charge in [-0.3, -0.25) is 14.5 Å². The highest BCUT2D eigenvalue weighted by Gasteiger charge is 2.51. The standard InChI is InChI=1S/C23H25N3O5/c27-18(12-26-8-7-15-3-1-2-4-17(15)11-26)10-24-21(28)16-5-6-20-19(9-16)25-22(29)23(31-20)13-30-14-23/h1-6,9,18,27H,7-8,10-14H2,(H,24,28)(H,25,29). The second-order valence-electron chi connectivity index (χ2n) is 8.37. The van der Waals surface area contributed by atoms with E-state index in [2.05, 4.69) is 33.7 Å². The molecule has 3 N–H and O–H groups in total. The molecule has 2 amide bonds. The molecule has 0 bridgehead atoms. The highest BCUT2D eigenvalue weighted by molar-refractivity contribution is 6.03. The van der Waals surface area contributed by atoms with Crippen LogP contribution in [0.4, 0.5) is 5.69 Å². The molecule has 1 unspecified atom stereocenters. The molecule has 0 saturated carbocycles. The summed E-state index contributed by atoms with van der Waals surface area (Å²) in [6.45, 7) is 2.78. The van der Waals surface area contributed by atoms with Crippen LogP contribution < -0.4 is 15.4 Å². The van der Waals surface area contributed by atoms with Gasteiger partial charge < -0.3 is 25.2 Å². The van der Waals surface area contributed by atoms with Gasteiger partial charge in [-0.25, -0.2) is 0 Å². The Labute approximate surface area is 180 Å². The molecule has 1 spiro atoms. The Balaban J connectivity index is 1.15. The van der Waals surface area contributed by atoms with Gasteiger partial charge in [-0.05, 0) is 35.7 Å². The Morgan fingerprint density at radius 3 is 2.81 bits per heavy atom. The van der Waals surface area contributed by atoms with Crippen molar-refractivity contribution in [3.63, 3.8) is 0 Å². The van der Waals surface area contributed by atoms with Crippen molar-refractivity contribution in [2.75, 3.05) is 38.2 Å². The fraction of sp³-hybridized carbons (Fsp3) is 0.391. The Kier molecular flexibility index (Phi) is 5.13. The smallest absolute Gasteiger partial charge is 0.273 e. The summed E-state index contributed by atoms with van der Waals surface area (Å²) in [6.07, 6.45) is 0.291. The van der Waals surface area contributed by atoms with Gasteiger partial charge in [0.1, 0.15) is 5.75 Å². The van der Waals surface area contributed by atoms with Crippen LogP contribution in [0.5, 0.6) is 5.75 Å². The number of benzene rings is 2. The normalized spacial score (nSPS) is 20.0. The predicted octanol–water partition coefficient (Wildman–Crippen LogP) is 0.935. The number of aliphatic hydroxyl groups excluding tert-OH is 1. The van der Waals surface area contributed by atoms with Crippen molar-refractivity contribution in [1.29, 1.82) is 0 Å². The lowest BCUT2D eigenvalue weighted by Crippen LogP contribution is -2.64. The lowest BCUT2D eigenvalue weighted by molar-refractivity contribution is -0.178. The van der Waals surface area contributed by atoms with Crippen LogP contribution in [0.1, 0.15) is 21.5 Å². The van der Waals surface area contributed by atoms with Gasteiger partial charge in [0.05, 0.1) is 25.0 Å². The fourth-order valence-corrected chi connectivity index (χ4v) is 4.21. The average Bonchev–Trinajstić information content (AvgIpc) is 2.75. The molecule has 3 heterocycles. The monoisotopic (exact) mass is 423 g/mol. The van der Waals surface area contributed by atoms with Crippen molar-refractivity contribution >= 4 is 17.5 Å². The predicted molar refractivity (Wildman–Crippen MR) is 113 cm³/mol.